The van der Waals surface area contributed by atoms with Crippen molar-refractivity contribution in [2.45, 2.75) is 38.9 Å². The van der Waals surface area contributed by atoms with Gasteiger partial charge in [-0.25, -0.2) is 0 Å². The Labute approximate surface area is 164 Å². The quantitative estimate of drug-likeness (QED) is 0.719. The first kappa shape index (κ1) is 16.4. The number of hydrogen-bond donors (Lipinski definition) is 0. The number of rotatable bonds is 3. The van der Waals surface area contributed by atoms with E-state index in [2.05, 4.69) is 50.3 Å². The Bertz CT molecular complexity index is 954. The molecule has 0 aromatic heterocycles. The monoisotopic (exact) mass is 374 g/mol. The minimum absolute atomic E-state index is 0.0297. The largest absolute Gasteiger partial charge is 0.469 e. The molecule has 6 aliphatic rings. The minimum Gasteiger partial charge on any atom is -0.469 e. The summed E-state index contributed by atoms with van der Waals surface area (Å²) in [7, 11) is 0. The van der Waals surface area contributed by atoms with Crippen LogP contribution < -0.4 is 0 Å². The highest BCUT2D eigenvalue weighted by Gasteiger charge is 2.33. The molecule has 0 saturated carbocycles. The van der Waals surface area contributed by atoms with Crippen molar-refractivity contribution in [2.24, 2.45) is 0 Å². The molecule has 4 aliphatic carbocycles. The molecule has 0 aromatic carbocycles. The van der Waals surface area contributed by atoms with E-state index in [1.807, 2.05) is 0 Å². The van der Waals surface area contributed by atoms with Gasteiger partial charge in [0, 0.05) is 0 Å². The zero-order valence-corrected chi connectivity index (χ0v) is 16.1. The molecule has 4 heteroatoms. The summed E-state index contributed by atoms with van der Waals surface area (Å²) in [4.78, 5) is 0. The Balaban J connectivity index is 1.24. The van der Waals surface area contributed by atoms with Gasteiger partial charge in [0.2, 0.25) is 0 Å². The van der Waals surface area contributed by atoms with Gasteiger partial charge in [-0.15, -0.1) is 0 Å². The fourth-order valence-electron chi connectivity index (χ4n) is 4.91. The van der Waals surface area contributed by atoms with Crippen LogP contribution >= 0.6 is 0 Å². The lowest BCUT2D eigenvalue weighted by Gasteiger charge is -2.19. The highest BCUT2D eigenvalue weighted by atomic mass is 16.7. The third-order valence-corrected chi connectivity index (χ3v) is 6.33. The smallest absolute Gasteiger partial charge is 0.189 e. The van der Waals surface area contributed by atoms with E-state index in [1.165, 1.54) is 44.6 Å². The van der Waals surface area contributed by atoms with Crippen LogP contribution in [0.3, 0.4) is 0 Å². The molecule has 2 heterocycles. The molecular formula is C24H22O4. The average Bonchev–Trinajstić information content (AvgIpc) is 3.42. The first-order chi connectivity index (χ1) is 13.7. The fourth-order valence-corrected chi connectivity index (χ4v) is 4.91. The molecule has 142 valence electrons. The molecule has 0 bridgehead atoms. The van der Waals surface area contributed by atoms with Crippen LogP contribution in [0, 0.1) is 0 Å². The Hall–Kier alpha value is -2.56. The molecule has 2 atom stereocenters. The molecule has 2 unspecified atom stereocenters. The lowest BCUT2D eigenvalue weighted by Crippen LogP contribution is -2.11. The van der Waals surface area contributed by atoms with E-state index >= 15 is 0 Å². The summed E-state index contributed by atoms with van der Waals surface area (Å²) in [6.45, 7) is 5.11. The summed E-state index contributed by atoms with van der Waals surface area (Å²) in [5, 5.41) is 0. The Morgan fingerprint density at radius 1 is 0.714 bits per heavy atom. The molecule has 2 saturated heterocycles. The fraction of sp³-hybridized carbons (Fsp3) is 0.333. The van der Waals surface area contributed by atoms with Crippen LogP contribution in [0.25, 0.3) is 0 Å². The van der Waals surface area contributed by atoms with Gasteiger partial charge in [-0.2, -0.15) is 0 Å². The number of hydrogen-bond acceptors (Lipinski definition) is 4. The van der Waals surface area contributed by atoms with Gasteiger partial charge in [-0.05, 0) is 95.6 Å². The molecule has 0 amide bonds. The zero-order chi connectivity index (χ0) is 18.8. The highest BCUT2D eigenvalue weighted by molar-refractivity contribution is 5.68. The second-order valence-corrected chi connectivity index (χ2v) is 7.98. The van der Waals surface area contributed by atoms with Gasteiger partial charge < -0.3 is 18.9 Å². The van der Waals surface area contributed by atoms with Gasteiger partial charge in [-0.3, -0.25) is 0 Å². The van der Waals surface area contributed by atoms with Gasteiger partial charge in [0.25, 0.3) is 0 Å². The molecule has 4 nitrogen and oxygen atoms in total. The zero-order valence-electron chi connectivity index (χ0n) is 16.1. The van der Waals surface area contributed by atoms with Crippen molar-refractivity contribution in [2.75, 3.05) is 13.6 Å². The SMILES string of the molecule is CC1=C(CCC2=C(C)C=C3C=C4OCOC4C=C32)C2=CC3OCOC3=CC2=C1. The minimum atomic E-state index is -0.0297. The van der Waals surface area contributed by atoms with Crippen LogP contribution in [0.2, 0.25) is 0 Å². The number of ether oxygens (including phenoxy) is 4. The topological polar surface area (TPSA) is 36.9 Å². The van der Waals surface area contributed by atoms with Crippen LogP contribution in [0.1, 0.15) is 26.7 Å². The molecule has 0 aromatic rings. The van der Waals surface area contributed by atoms with E-state index in [4.69, 9.17) is 18.9 Å². The third-order valence-electron chi connectivity index (χ3n) is 6.33. The van der Waals surface area contributed by atoms with Gasteiger partial charge >= 0.3 is 0 Å². The molecule has 6 rings (SSSR count). The summed E-state index contributed by atoms with van der Waals surface area (Å²) in [6.07, 6.45) is 15.2. The molecule has 0 N–H and O–H groups in total. The van der Waals surface area contributed by atoms with Crippen LogP contribution in [0.15, 0.2) is 92.6 Å². The predicted molar refractivity (Wildman–Crippen MR) is 105 cm³/mol. The molecule has 28 heavy (non-hydrogen) atoms. The molecule has 2 fully saturated rings. The molecule has 0 spiro atoms. The Morgan fingerprint density at radius 3 is 1.64 bits per heavy atom. The summed E-state index contributed by atoms with van der Waals surface area (Å²) >= 11 is 0. The van der Waals surface area contributed by atoms with Gasteiger partial charge in [-0.1, -0.05) is 12.2 Å². The summed E-state index contributed by atoms with van der Waals surface area (Å²) in [5.74, 6) is 1.86. The van der Waals surface area contributed by atoms with E-state index in [-0.39, 0.29) is 12.2 Å². The van der Waals surface area contributed by atoms with Crippen LogP contribution in [0.5, 0.6) is 0 Å². The standard InChI is InChI=1S/C24H22O4/c1-13-5-15-7-21-23(27-11-25-21)9-19(15)17(13)3-4-18-14(2)6-16-8-22-24(10-20(16)18)28-12-26-22/h5-10,23-24H,3-4,11-12H2,1-2H3. The van der Waals surface area contributed by atoms with Gasteiger partial charge in [0.05, 0.1) is 0 Å². The first-order valence-corrected chi connectivity index (χ1v) is 9.87. The Kier molecular flexibility index (Phi) is 3.49. The van der Waals surface area contributed by atoms with E-state index in [0.29, 0.717) is 13.6 Å². The second-order valence-electron chi connectivity index (χ2n) is 7.98. The van der Waals surface area contributed by atoms with E-state index in [9.17, 15) is 0 Å². The molecule has 2 aliphatic heterocycles. The molecule has 0 radical (unpaired) electrons. The van der Waals surface area contributed by atoms with E-state index in [0.717, 1.165) is 24.4 Å². The maximum atomic E-state index is 5.68. The first-order valence-electron chi connectivity index (χ1n) is 9.87. The van der Waals surface area contributed by atoms with Gasteiger partial charge in [0.15, 0.2) is 13.6 Å². The maximum Gasteiger partial charge on any atom is 0.189 e. The van der Waals surface area contributed by atoms with Crippen molar-refractivity contribution < 1.29 is 18.9 Å². The lowest BCUT2D eigenvalue weighted by atomic mass is 9.88. The van der Waals surface area contributed by atoms with Crippen molar-refractivity contribution >= 4 is 0 Å². The molecular weight excluding hydrogens is 352 g/mol. The summed E-state index contributed by atoms with van der Waals surface area (Å²) < 4.78 is 22.5. The number of allylic oxidation sites excluding steroid dienone is 12. The van der Waals surface area contributed by atoms with Crippen molar-refractivity contribution in [1.82, 2.24) is 0 Å². The maximum absolute atomic E-state index is 5.68. The van der Waals surface area contributed by atoms with E-state index < -0.39 is 0 Å². The van der Waals surface area contributed by atoms with Crippen molar-refractivity contribution in [1.29, 1.82) is 0 Å². The van der Waals surface area contributed by atoms with Gasteiger partial charge in [0.1, 0.15) is 23.7 Å². The normalized spacial score (nSPS) is 29.6. The summed E-state index contributed by atoms with van der Waals surface area (Å²) in [6, 6.07) is 0. The summed E-state index contributed by atoms with van der Waals surface area (Å²) in [5.41, 5.74) is 10.7. The van der Waals surface area contributed by atoms with Crippen LogP contribution in [-0.4, -0.2) is 25.8 Å². The van der Waals surface area contributed by atoms with E-state index in [1.54, 1.807) is 0 Å². The predicted octanol–water partition coefficient (Wildman–Crippen LogP) is 4.67. The average molecular weight is 374 g/mol. The van der Waals surface area contributed by atoms with Crippen LogP contribution in [-0.2, 0) is 18.9 Å². The van der Waals surface area contributed by atoms with Crippen molar-refractivity contribution in [3.8, 4) is 0 Å². The number of fused-ring (bicyclic) bond motifs is 4. The second kappa shape index (κ2) is 5.97. The highest BCUT2D eigenvalue weighted by Crippen LogP contribution is 2.44. The third kappa shape index (κ3) is 2.38. The Morgan fingerprint density at radius 2 is 1.18 bits per heavy atom. The lowest BCUT2D eigenvalue weighted by molar-refractivity contribution is 0.0627. The van der Waals surface area contributed by atoms with Crippen LogP contribution in [0.4, 0.5) is 0 Å². The van der Waals surface area contributed by atoms with Crippen molar-refractivity contribution in [3.05, 3.63) is 92.6 Å². The van der Waals surface area contributed by atoms with Crippen molar-refractivity contribution in [3.63, 3.8) is 0 Å².